The van der Waals surface area contributed by atoms with Crippen LogP contribution < -0.4 is 0 Å². The Kier molecular flexibility index (Phi) is 6.52. The van der Waals surface area contributed by atoms with Gasteiger partial charge in [0.15, 0.2) is 0 Å². The van der Waals surface area contributed by atoms with E-state index in [1.54, 1.807) is 4.90 Å². The van der Waals surface area contributed by atoms with Gasteiger partial charge in [-0.3, -0.25) is 0 Å². The average Bonchev–Trinajstić information content (AvgIpc) is 3.04. The molecule has 8 heteroatoms. The van der Waals surface area contributed by atoms with E-state index in [1.807, 2.05) is 52.1 Å². The van der Waals surface area contributed by atoms with Crippen molar-refractivity contribution in [2.45, 2.75) is 45.8 Å². The van der Waals surface area contributed by atoms with Gasteiger partial charge < -0.3 is 18.8 Å². The Balaban J connectivity index is 1.67. The fourth-order valence-corrected chi connectivity index (χ4v) is 4.60. The zero-order valence-electron chi connectivity index (χ0n) is 18.7. The quantitative estimate of drug-likeness (QED) is 0.431. The summed E-state index contributed by atoms with van der Waals surface area (Å²) in [6.45, 7) is 9.11. The molecule has 32 heavy (non-hydrogen) atoms. The zero-order valence-corrected chi connectivity index (χ0v) is 21.0. The monoisotopic (exact) mass is 519 g/mol. The van der Waals surface area contributed by atoms with E-state index in [4.69, 9.17) is 26.1 Å². The van der Waals surface area contributed by atoms with Gasteiger partial charge in [-0.25, -0.2) is 9.78 Å². The zero-order chi connectivity index (χ0) is 23.0. The molecule has 1 aliphatic heterocycles. The molecule has 2 aromatic heterocycles. The molecule has 1 fully saturated rings. The molecule has 3 heterocycles. The lowest BCUT2D eigenvalue weighted by atomic mass is 10.1. The van der Waals surface area contributed by atoms with Crippen molar-refractivity contribution >= 4 is 39.3 Å². The fraction of sp³-hybridized carbons (Fsp3) is 0.417. The Morgan fingerprint density at radius 3 is 2.81 bits per heavy atom. The van der Waals surface area contributed by atoms with E-state index < -0.39 is 5.60 Å². The second-order valence-electron chi connectivity index (χ2n) is 9.09. The number of carbonyl (C=O) groups is 1. The van der Waals surface area contributed by atoms with E-state index in [1.165, 1.54) is 0 Å². The van der Waals surface area contributed by atoms with Crippen LogP contribution in [0.2, 0.25) is 5.02 Å². The van der Waals surface area contributed by atoms with Crippen LogP contribution in [0.25, 0.3) is 16.9 Å². The molecule has 170 valence electrons. The SMILES string of the molecule is Cc1ccn2c(CC3CN(C(=O)OC(C)(C)C)CCO3)c(-c3ccc(Br)cc3Cl)nc2c1. The van der Waals surface area contributed by atoms with Crippen LogP contribution in [0.4, 0.5) is 4.79 Å². The number of pyridine rings is 1. The highest BCUT2D eigenvalue weighted by molar-refractivity contribution is 9.10. The lowest BCUT2D eigenvalue weighted by molar-refractivity contribution is -0.0418. The van der Waals surface area contributed by atoms with Gasteiger partial charge in [-0.05, 0) is 57.5 Å². The number of amides is 1. The van der Waals surface area contributed by atoms with Gasteiger partial charge in [0.2, 0.25) is 0 Å². The van der Waals surface area contributed by atoms with Crippen molar-refractivity contribution in [3.63, 3.8) is 0 Å². The molecule has 0 saturated carbocycles. The second kappa shape index (κ2) is 9.04. The Morgan fingerprint density at radius 1 is 1.31 bits per heavy atom. The highest BCUT2D eigenvalue weighted by atomic mass is 79.9. The van der Waals surface area contributed by atoms with E-state index in [0.717, 1.165) is 32.6 Å². The summed E-state index contributed by atoms with van der Waals surface area (Å²) in [6, 6.07) is 9.91. The first-order chi connectivity index (χ1) is 15.1. The Morgan fingerprint density at radius 2 is 2.09 bits per heavy atom. The number of hydrogen-bond donors (Lipinski definition) is 0. The second-order valence-corrected chi connectivity index (χ2v) is 10.4. The van der Waals surface area contributed by atoms with Crippen molar-refractivity contribution in [2.24, 2.45) is 0 Å². The van der Waals surface area contributed by atoms with E-state index in [-0.39, 0.29) is 12.2 Å². The molecule has 0 spiro atoms. The topological polar surface area (TPSA) is 56.1 Å². The molecule has 1 amide bonds. The third kappa shape index (κ3) is 5.11. The van der Waals surface area contributed by atoms with Crippen LogP contribution in [0.3, 0.4) is 0 Å². The molecule has 4 rings (SSSR count). The molecule has 1 saturated heterocycles. The van der Waals surface area contributed by atoms with Gasteiger partial charge in [0, 0.05) is 29.2 Å². The van der Waals surface area contributed by atoms with Crippen LogP contribution in [-0.2, 0) is 15.9 Å². The minimum atomic E-state index is -0.532. The van der Waals surface area contributed by atoms with Crippen molar-refractivity contribution in [3.8, 4) is 11.3 Å². The van der Waals surface area contributed by atoms with Crippen LogP contribution in [0.15, 0.2) is 41.0 Å². The maximum Gasteiger partial charge on any atom is 0.410 e. The van der Waals surface area contributed by atoms with E-state index in [9.17, 15) is 4.79 Å². The first-order valence-corrected chi connectivity index (χ1v) is 11.8. The normalized spacial score (nSPS) is 17.1. The van der Waals surface area contributed by atoms with Crippen LogP contribution in [0.1, 0.15) is 32.0 Å². The molecule has 0 aliphatic carbocycles. The van der Waals surface area contributed by atoms with Gasteiger partial charge in [0.05, 0.1) is 35.7 Å². The average molecular weight is 521 g/mol. The molecule has 0 radical (unpaired) electrons. The molecule has 1 atom stereocenters. The van der Waals surface area contributed by atoms with Gasteiger partial charge in [-0.1, -0.05) is 33.6 Å². The molecular formula is C24H27BrClN3O3. The summed E-state index contributed by atoms with van der Waals surface area (Å²) in [6.07, 6.45) is 2.13. The third-order valence-corrected chi connectivity index (χ3v) is 6.08. The highest BCUT2D eigenvalue weighted by Crippen LogP contribution is 2.34. The van der Waals surface area contributed by atoms with Crippen LogP contribution in [0.5, 0.6) is 0 Å². The maximum atomic E-state index is 12.6. The predicted molar refractivity (Wildman–Crippen MR) is 129 cm³/mol. The number of imidazole rings is 1. The van der Waals surface area contributed by atoms with E-state index in [2.05, 4.69) is 32.5 Å². The lowest BCUT2D eigenvalue weighted by Crippen LogP contribution is -2.48. The van der Waals surface area contributed by atoms with Gasteiger partial charge >= 0.3 is 6.09 Å². The largest absolute Gasteiger partial charge is 0.444 e. The van der Waals surface area contributed by atoms with Crippen molar-refractivity contribution in [3.05, 3.63) is 57.3 Å². The number of ether oxygens (including phenoxy) is 2. The molecule has 1 aliphatic rings. The summed E-state index contributed by atoms with van der Waals surface area (Å²) in [7, 11) is 0. The summed E-state index contributed by atoms with van der Waals surface area (Å²) in [5.41, 5.74) is 4.15. The molecule has 1 unspecified atom stereocenters. The van der Waals surface area contributed by atoms with Gasteiger partial charge in [-0.2, -0.15) is 0 Å². The summed E-state index contributed by atoms with van der Waals surface area (Å²) in [5, 5.41) is 0.626. The Labute approximate surface area is 201 Å². The van der Waals surface area contributed by atoms with Gasteiger partial charge in [0.1, 0.15) is 11.2 Å². The van der Waals surface area contributed by atoms with Gasteiger partial charge in [-0.15, -0.1) is 0 Å². The predicted octanol–water partition coefficient (Wildman–Crippen LogP) is 5.90. The Hall–Kier alpha value is -2.09. The number of fused-ring (bicyclic) bond motifs is 1. The van der Waals surface area contributed by atoms with Crippen LogP contribution >= 0.6 is 27.5 Å². The van der Waals surface area contributed by atoms with Crippen molar-refractivity contribution in [1.82, 2.24) is 14.3 Å². The van der Waals surface area contributed by atoms with Crippen LogP contribution in [0, 0.1) is 6.92 Å². The number of aromatic nitrogens is 2. The molecule has 3 aromatic rings. The number of halogens is 2. The summed E-state index contributed by atoms with van der Waals surface area (Å²) in [5.74, 6) is 0. The molecular weight excluding hydrogens is 494 g/mol. The van der Waals surface area contributed by atoms with Crippen molar-refractivity contribution < 1.29 is 14.3 Å². The summed E-state index contributed by atoms with van der Waals surface area (Å²) in [4.78, 5) is 19.2. The maximum absolute atomic E-state index is 12.6. The minimum absolute atomic E-state index is 0.176. The molecule has 6 nitrogen and oxygen atoms in total. The van der Waals surface area contributed by atoms with Gasteiger partial charge in [0.25, 0.3) is 0 Å². The number of aryl methyl sites for hydroxylation is 1. The smallest absolute Gasteiger partial charge is 0.410 e. The number of benzene rings is 1. The number of carbonyl (C=O) groups excluding carboxylic acids is 1. The van der Waals surface area contributed by atoms with Crippen molar-refractivity contribution in [1.29, 1.82) is 0 Å². The lowest BCUT2D eigenvalue weighted by Gasteiger charge is -2.34. The number of hydrogen-bond acceptors (Lipinski definition) is 4. The summed E-state index contributed by atoms with van der Waals surface area (Å²) >= 11 is 10.1. The first kappa shape index (κ1) is 23.1. The van der Waals surface area contributed by atoms with E-state index >= 15 is 0 Å². The number of nitrogens with zero attached hydrogens (tertiary/aromatic N) is 3. The van der Waals surface area contributed by atoms with Crippen molar-refractivity contribution in [2.75, 3.05) is 19.7 Å². The fourth-order valence-electron chi connectivity index (χ4n) is 3.84. The molecule has 0 bridgehead atoms. The standard InChI is InChI=1S/C24H27BrClN3O3/c1-15-7-8-29-20(13-17-14-28(9-10-31-17)23(30)32-24(2,3)4)22(27-21(29)11-15)18-6-5-16(25)12-19(18)26/h5-8,11-12,17H,9-10,13-14H2,1-4H3. The summed E-state index contributed by atoms with van der Waals surface area (Å²) < 4.78 is 14.6. The molecule has 1 aromatic carbocycles. The minimum Gasteiger partial charge on any atom is -0.444 e. The highest BCUT2D eigenvalue weighted by Gasteiger charge is 2.30. The van der Waals surface area contributed by atoms with E-state index in [0.29, 0.717) is 31.1 Å². The first-order valence-electron chi connectivity index (χ1n) is 10.6. The number of rotatable bonds is 3. The number of morpholine rings is 1. The third-order valence-electron chi connectivity index (χ3n) is 5.28. The Bertz CT molecular complexity index is 1160. The molecule has 0 N–H and O–H groups in total. The van der Waals surface area contributed by atoms with Crippen LogP contribution in [-0.4, -0.2) is 51.8 Å².